The first-order valence-electron chi connectivity index (χ1n) is 8.23. The summed E-state index contributed by atoms with van der Waals surface area (Å²) in [6.07, 6.45) is -3.58. The molecule has 0 saturated heterocycles. The summed E-state index contributed by atoms with van der Waals surface area (Å²) in [5.41, 5.74) is 4.79. The van der Waals surface area contributed by atoms with Crippen LogP contribution in [0.25, 0.3) is 10.8 Å². The summed E-state index contributed by atoms with van der Waals surface area (Å²) in [6, 6.07) is 7.16. The molecule has 0 bridgehead atoms. The summed E-state index contributed by atoms with van der Waals surface area (Å²) in [5.74, 6) is -3.05. The van der Waals surface area contributed by atoms with Gasteiger partial charge in [0.05, 0.1) is 0 Å². The highest BCUT2D eigenvalue weighted by molar-refractivity contribution is 6.13. The van der Waals surface area contributed by atoms with Crippen molar-refractivity contribution in [1.82, 2.24) is 4.98 Å². The van der Waals surface area contributed by atoms with Gasteiger partial charge in [-0.25, -0.2) is 4.98 Å². The molecule has 0 saturated carbocycles. The number of carbonyl (C=O) groups excluding carboxylic acids is 1. The molecule has 1 aromatic heterocycles. The number of rotatable bonds is 6. The van der Waals surface area contributed by atoms with Gasteiger partial charge in [0, 0.05) is 17.0 Å². The lowest BCUT2D eigenvalue weighted by atomic mass is 10.1. The standard InChI is InChI=1S/C19H13F3N2O6/c20-19(21,22)30-11-3-1-10(2-4-11)29-12-5-6-13-9(7-12)8-24-15(16(13)25)17(26)14(23)18(27)28/h1-8,14,25H,23H2,(H,27,28). The number of fused-ring (bicyclic) bond motifs is 1. The molecule has 2 aromatic carbocycles. The summed E-state index contributed by atoms with van der Waals surface area (Å²) >= 11 is 0. The Morgan fingerprint density at radius 3 is 2.23 bits per heavy atom. The second kappa shape index (κ2) is 7.87. The van der Waals surface area contributed by atoms with Crippen LogP contribution in [-0.4, -0.2) is 39.4 Å². The van der Waals surface area contributed by atoms with Crippen LogP contribution in [0.5, 0.6) is 23.0 Å². The molecule has 3 rings (SSSR count). The van der Waals surface area contributed by atoms with Crippen molar-refractivity contribution in [3.8, 4) is 23.0 Å². The lowest BCUT2D eigenvalue weighted by Gasteiger charge is -2.11. The molecule has 4 N–H and O–H groups in total. The van der Waals surface area contributed by atoms with Crippen molar-refractivity contribution in [2.45, 2.75) is 12.4 Å². The molecule has 30 heavy (non-hydrogen) atoms. The van der Waals surface area contributed by atoms with E-state index < -0.39 is 41.3 Å². The first-order valence-corrected chi connectivity index (χ1v) is 8.23. The third-order valence-electron chi connectivity index (χ3n) is 3.91. The number of aromatic hydroxyl groups is 1. The zero-order chi connectivity index (χ0) is 22.1. The van der Waals surface area contributed by atoms with E-state index in [1.165, 1.54) is 36.5 Å². The van der Waals surface area contributed by atoms with E-state index in [0.29, 0.717) is 5.39 Å². The van der Waals surface area contributed by atoms with E-state index in [-0.39, 0.29) is 16.9 Å². The molecule has 3 aromatic rings. The van der Waals surface area contributed by atoms with Crippen LogP contribution in [0.15, 0.2) is 48.7 Å². The van der Waals surface area contributed by atoms with Gasteiger partial charge >= 0.3 is 12.3 Å². The van der Waals surface area contributed by atoms with E-state index >= 15 is 0 Å². The smallest absolute Gasteiger partial charge is 0.505 e. The second-order valence-electron chi connectivity index (χ2n) is 6.01. The van der Waals surface area contributed by atoms with E-state index in [2.05, 4.69) is 9.72 Å². The molecule has 1 atom stereocenters. The molecule has 0 amide bonds. The molecule has 156 valence electrons. The van der Waals surface area contributed by atoms with Crippen molar-refractivity contribution >= 4 is 22.5 Å². The molecule has 0 aliphatic carbocycles. The number of nitrogens with two attached hydrogens (primary N) is 1. The van der Waals surface area contributed by atoms with Crippen LogP contribution >= 0.6 is 0 Å². The normalized spacial score (nSPS) is 12.4. The number of carboxylic acid groups (broad SMARTS) is 1. The van der Waals surface area contributed by atoms with Gasteiger partial charge in [-0.2, -0.15) is 0 Å². The molecule has 8 nitrogen and oxygen atoms in total. The number of aromatic nitrogens is 1. The number of benzene rings is 2. The van der Waals surface area contributed by atoms with Gasteiger partial charge in [0.2, 0.25) is 5.78 Å². The van der Waals surface area contributed by atoms with Gasteiger partial charge in [-0.15, -0.1) is 13.2 Å². The average Bonchev–Trinajstić information content (AvgIpc) is 2.67. The fourth-order valence-electron chi connectivity index (χ4n) is 2.53. The first kappa shape index (κ1) is 20.9. The number of carboxylic acids is 1. The Morgan fingerprint density at radius 1 is 1.03 bits per heavy atom. The van der Waals surface area contributed by atoms with Crippen LogP contribution in [0.2, 0.25) is 0 Å². The molecule has 0 fully saturated rings. The van der Waals surface area contributed by atoms with Crippen LogP contribution < -0.4 is 15.2 Å². The van der Waals surface area contributed by atoms with Gasteiger partial charge in [0.1, 0.15) is 17.2 Å². The average molecular weight is 422 g/mol. The summed E-state index contributed by atoms with van der Waals surface area (Å²) < 4.78 is 45.9. The number of ketones is 1. The van der Waals surface area contributed by atoms with Crippen molar-refractivity contribution in [3.63, 3.8) is 0 Å². The highest BCUT2D eigenvalue weighted by Crippen LogP contribution is 2.33. The minimum atomic E-state index is -4.80. The maximum Gasteiger partial charge on any atom is 0.573 e. The summed E-state index contributed by atoms with van der Waals surface area (Å²) in [7, 11) is 0. The van der Waals surface area contributed by atoms with E-state index in [9.17, 15) is 27.9 Å². The Morgan fingerprint density at radius 2 is 1.63 bits per heavy atom. The minimum Gasteiger partial charge on any atom is -0.505 e. The maximum absolute atomic E-state index is 12.2. The summed E-state index contributed by atoms with van der Waals surface area (Å²) in [5, 5.41) is 19.7. The highest BCUT2D eigenvalue weighted by atomic mass is 19.4. The quantitative estimate of drug-likeness (QED) is 0.408. The number of ether oxygens (including phenoxy) is 2. The van der Waals surface area contributed by atoms with Gasteiger partial charge in [-0.05, 0) is 42.5 Å². The monoisotopic (exact) mass is 422 g/mol. The first-order chi connectivity index (χ1) is 14.0. The molecule has 0 aliphatic rings. The number of hydrogen-bond donors (Lipinski definition) is 3. The predicted molar refractivity (Wildman–Crippen MR) is 96.5 cm³/mol. The lowest BCUT2D eigenvalue weighted by Crippen LogP contribution is -2.38. The maximum atomic E-state index is 12.2. The Bertz CT molecular complexity index is 1120. The summed E-state index contributed by atoms with van der Waals surface area (Å²) in [4.78, 5) is 26.7. The number of Topliss-reactive ketones (excluding diaryl/α,β-unsaturated/α-hetero) is 1. The topological polar surface area (TPSA) is 132 Å². The van der Waals surface area contributed by atoms with Crippen molar-refractivity contribution < 1.29 is 42.4 Å². The Balaban J connectivity index is 1.83. The number of nitrogens with zero attached hydrogens (tertiary/aromatic N) is 1. The second-order valence-corrected chi connectivity index (χ2v) is 6.01. The number of pyridine rings is 1. The Hall–Kier alpha value is -3.86. The Labute approximate surface area is 166 Å². The fraction of sp³-hybridized carbons (Fsp3) is 0.105. The van der Waals surface area contributed by atoms with E-state index in [0.717, 1.165) is 12.1 Å². The molecule has 1 unspecified atom stereocenters. The zero-order valence-corrected chi connectivity index (χ0v) is 14.9. The predicted octanol–water partition coefficient (Wildman–Crippen LogP) is 3.23. The highest BCUT2D eigenvalue weighted by Gasteiger charge is 2.31. The van der Waals surface area contributed by atoms with Gasteiger partial charge in [-0.3, -0.25) is 9.59 Å². The molecule has 0 aliphatic heterocycles. The van der Waals surface area contributed by atoms with E-state index in [4.69, 9.17) is 15.6 Å². The van der Waals surface area contributed by atoms with E-state index in [1.54, 1.807) is 0 Å². The third kappa shape index (κ3) is 4.58. The van der Waals surface area contributed by atoms with Crippen LogP contribution in [0.1, 0.15) is 10.5 Å². The fourth-order valence-corrected chi connectivity index (χ4v) is 2.53. The number of carbonyl (C=O) groups is 2. The van der Waals surface area contributed by atoms with Crippen molar-refractivity contribution in [1.29, 1.82) is 0 Å². The van der Waals surface area contributed by atoms with Crippen LogP contribution in [0, 0.1) is 0 Å². The summed E-state index contributed by atoms with van der Waals surface area (Å²) in [6.45, 7) is 0. The zero-order valence-electron chi connectivity index (χ0n) is 14.9. The van der Waals surface area contributed by atoms with Crippen molar-refractivity contribution in [3.05, 3.63) is 54.4 Å². The lowest BCUT2D eigenvalue weighted by molar-refractivity contribution is -0.274. The Kier molecular flexibility index (Phi) is 5.47. The molecule has 0 radical (unpaired) electrons. The molecule has 0 spiro atoms. The van der Waals surface area contributed by atoms with Crippen LogP contribution in [0.4, 0.5) is 13.2 Å². The van der Waals surface area contributed by atoms with Crippen LogP contribution in [0.3, 0.4) is 0 Å². The van der Waals surface area contributed by atoms with Crippen LogP contribution in [-0.2, 0) is 4.79 Å². The minimum absolute atomic E-state index is 0.201. The van der Waals surface area contributed by atoms with Gasteiger partial charge in [0.25, 0.3) is 0 Å². The molecular formula is C19H13F3N2O6. The van der Waals surface area contributed by atoms with Gasteiger partial charge in [-0.1, -0.05) is 0 Å². The van der Waals surface area contributed by atoms with Crippen molar-refractivity contribution in [2.75, 3.05) is 0 Å². The van der Waals surface area contributed by atoms with Gasteiger partial charge in [0.15, 0.2) is 17.5 Å². The third-order valence-corrected chi connectivity index (χ3v) is 3.91. The number of hydrogen-bond acceptors (Lipinski definition) is 7. The SMILES string of the molecule is NC(C(=O)O)C(=O)c1ncc2cc(Oc3ccc(OC(F)(F)F)cc3)ccc2c1O. The van der Waals surface area contributed by atoms with Gasteiger partial charge < -0.3 is 25.4 Å². The number of aliphatic carboxylic acids is 1. The number of alkyl halides is 3. The molecule has 1 heterocycles. The van der Waals surface area contributed by atoms with Crippen molar-refractivity contribution in [2.24, 2.45) is 5.73 Å². The molecule has 11 heteroatoms. The number of halogens is 3. The largest absolute Gasteiger partial charge is 0.573 e. The van der Waals surface area contributed by atoms with E-state index in [1.807, 2.05) is 0 Å². The molecular weight excluding hydrogens is 409 g/mol.